The van der Waals surface area contributed by atoms with E-state index in [-0.39, 0.29) is 24.0 Å². The summed E-state index contributed by atoms with van der Waals surface area (Å²) < 4.78 is 22.8. The molecule has 0 aromatic rings. The van der Waals surface area contributed by atoms with E-state index in [1.807, 2.05) is 0 Å². The lowest BCUT2D eigenvalue weighted by atomic mass is 9.89. The largest absolute Gasteiger partial charge is 0.481 e. The molecular formula is C11H19NO5S. The summed E-state index contributed by atoms with van der Waals surface area (Å²) in [6.45, 7) is 2.93. The van der Waals surface area contributed by atoms with E-state index in [0.717, 1.165) is 0 Å². The van der Waals surface area contributed by atoms with Crippen LogP contribution >= 0.6 is 0 Å². The van der Waals surface area contributed by atoms with E-state index >= 15 is 0 Å². The number of rotatable bonds is 4. The second kappa shape index (κ2) is 5.26. The van der Waals surface area contributed by atoms with Gasteiger partial charge in [0, 0.05) is 12.5 Å². The van der Waals surface area contributed by atoms with E-state index < -0.39 is 27.1 Å². The van der Waals surface area contributed by atoms with Crippen LogP contribution in [0.2, 0.25) is 0 Å². The molecule has 1 unspecified atom stereocenters. The first-order valence-electron chi connectivity index (χ1n) is 5.85. The summed E-state index contributed by atoms with van der Waals surface area (Å²) in [5.74, 6) is -1.34. The number of amides is 1. The third-order valence-corrected chi connectivity index (χ3v) is 4.83. The Labute approximate surface area is 107 Å². The zero-order valence-electron chi connectivity index (χ0n) is 10.6. The topological polar surface area (TPSA) is 101 Å². The lowest BCUT2D eigenvalue weighted by Crippen LogP contribution is -2.45. The molecule has 18 heavy (non-hydrogen) atoms. The molecule has 7 heteroatoms. The number of hydrogen-bond donors (Lipinski definition) is 2. The molecule has 0 spiro atoms. The molecule has 0 bridgehead atoms. The minimum atomic E-state index is -3.07. The highest BCUT2D eigenvalue weighted by Crippen LogP contribution is 2.21. The van der Waals surface area contributed by atoms with Gasteiger partial charge in [-0.25, -0.2) is 8.42 Å². The summed E-state index contributed by atoms with van der Waals surface area (Å²) in [5.41, 5.74) is -1.14. The molecule has 1 atom stereocenters. The summed E-state index contributed by atoms with van der Waals surface area (Å²) in [4.78, 5) is 22.5. The molecule has 0 aromatic heterocycles. The second-order valence-corrected chi connectivity index (χ2v) is 7.62. The normalized spacial score (nSPS) is 23.3. The van der Waals surface area contributed by atoms with E-state index in [1.54, 1.807) is 0 Å². The number of nitrogens with one attached hydrogen (secondary N) is 1. The average Bonchev–Trinajstić information content (AvgIpc) is 2.13. The van der Waals surface area contributed by atoms with E-state index in [1.165, 1.54) is 13.8 Å². The van der Waals surface area contributed by atoms with Crippen LogP contribution in [0.15, 0.2) is 0 Å². The third kappa shape index (κ3) is 4.29. The Morgan fingerprint density at radius 3 is 2.50 bits per heavy atom. The summed E-state index contributed by atoms with van der Waals surface area (Å²) in [6, 6.07) is -0.388. The van der Waals surface area contributed by atoms with E-state index in [9.17, 15) is 18.0 Å². The van der Waals surface area contributed by atoms with Gasteiger partial charge in [0.25, 0.3) is 0 Å². The Balaban J connectivity index is 2.53. The van der Waals surface area contributed by atoms with Gasteiger partial charge in [-0.1, -0.05) is 0 Å². The van der Waals surface area contributed by atoms with Crippen LogP contribution in [-0.2, 0) is 19.4 Å². The fraction of sp³-hybridized carbons (Fsp3) is 0.818. The first-order chi connectivity index (χ1) is 8.12. The Morgan fingerprint density at radius 2 is 2.00 bits per heavy atom. The number of sulfone groups is 1. The van der Waals surface area contributed by atoms with Crippen LogP contribution in [0.4, 0.5) is 0 Å². The average molecular weight is 277 g/mol. The molecule has 1 fully saturated rings. The number of carbonyl (C=O) groups excluding carboxylic acids is 1. The van der Waals surface area contributed by atoms with Crippen molar-refractivity contribution in [2.24, 2.45) is 5.41 Å². The van der Waals surface area contributed by atoms with Crippen molar-refractivity contribution in [3.63, 3.8) is 0 Å². The van der Waals surface area contributed by atoms with Crippen molar-refractivity contribution in [3.8, 4) is 0 Å². The van der Waals surface area contributed by atoms with Crippen LogP contribution in [0, 0.1) is 5.41 Å². The molecule has 104 valence electrons. The van der Waals surface area contributed by atoms with Gasteiger partial charge in [0.15, 0.2) is 9.84 Å². The van der Waals surface area contributed by atoms with Crippen LogP contribution in [0.3, 0.4) is 0 Å². The molecule has 0 radical (unpaired) electrons. The standard InChI is InChI=1S/C11H19NO5S/c1-11(2,10(14)15)6-9(13)12-8-4-3-5-18(16,17)7-8/h8H,3-7H2,1-2H3,(H,12,13)(H,14,15). The second-order valence-electron chi connectivity index (χ2n) is 5.39. The maximum absolute atomic E-state index is 11.7. The van der Waals surface area contributed by atoms with E-state index in [0.29, 0.717) is 12.8 Å². The van der Waals surface area contributed by atoms with Gasteiger partial charge in [-0.15, -0.1) is 0 Å². The first kappa shape index (κ1) is 14.9. The van der Waals surface area contributed by atoms with Gasteiger partial charge >= 0.3 is 5.97 Å². The van der Waals surface area contributed by atoms with Gasteiger partial charge in [0.1, 0.15) is 0 Å². The summed E-state index contributed by atoms with van der Waals surface area (Å²) in [5, 5.41) is 11.5. The molecule has 0 saturated carbocycles. The first-order valence-corrected chi connectivity index (χ1v) is 7.68. The molecule has 6 nitrogen and oxygen atoms in total. The molecule has 1 heterocycles. The van der Waals surface area contributed by atoms with Gasteiger partial charge in [-0.05, 0) is 26.7 Å². The zero-order chi connectivity index (χ0) is 14.0. The highest BCUT2D eigenvalue weighted by atomic mass is 32.2. The fourth-order valence-electron chi connectivity index (χ4n) is 1.89. The van der Waals surface area contributed by atoms with Crippen molar-refractivity contribution in [1.82, 2.24) is 5.32 Å². The zero-order valence-corrected chi connectivity index (χ0v) is 11.4. The monoisotopic (exact) mass is 277 g/mol. The summed E-state index contributed by atoms with van der Waals surface area (Å²) in [6.07, 6.45) is 1.01. The summed E-state index contributed by atoms with van der Waals surface area (Å²) in [7, 11) is -3.07. The lowest BCUT2D eigenvalue weighted by molar-refractivity contribution is -0.149. The molecule has 0 aliphatic carbocycles. The molecule has 1 rings (SSSR count). The predicted molar refractivity (Wildman–Crippen MR) is 65.9 cm³/mol. The minimum Gasteiger partial charge on any atom is -0.481 e. The van der Waals surface area contributed by atoms with Crippen LogP contribution in [0.5, 0.6) is 0 Å². The molecular weight excluding hydrogens is 258 g/mol. The molecule has 1 aliphatic heterocycles. The quantitative estimate of drug-likeness (QED) is 0.763. The maximum atomic E-state index is 11.7. The van der Waals surface area contributed by atoms with Crippen molar-refractivity contribution in [2.75, 3.05) is 11.5 Å². The molecule has 1 amide bonds. The molecule has 2 N–H and O–H groups in total. The Morgan fingerprint density at radius 1 is 1.39 bits per heavy atom. The van der Waals surface area contributed by atoms with Crippen LogP contribution in [-0.4, -0.2) is 42.9 Å². The highest BCUT2D eigenvalue weighted by Gasteiger charge is 2.32. The third-order valence-electron chi connectivity index (χ3n) is 3.01. The predicted octanol–water partition coefficient (Wildman–Crippen LogP) is 0.181. The van der Waals surface area contributed by atoms with Crippen LogP contribution in [0.1, 0.15) is 33.1 Å². The van der Waals surface area contributed by atoms with Gasteiger partial charge in [0.05, 0.1) is 16.9 Å². The number of carboxylic acids is 1. The summed E-state index contributed by atoms with van der Waals surface area (Å²) >= 11 is 0. The number of aliphatic carboxylic acids is 1. The van der Waals surface area contributed by atoms with Crippen molar-refractivity contribution in [3.05, 3.63) is 0 Å². The molecule has 1 saturated heterocycles. The van der Waals surface area contributed by atoms with Crippen molar-refractivity contribution in [1.29, 1.82) is 0 Å². The Bertz CT molecular complexity index is 440. The van der Waals surface area contributed by atoms with Gasteiger partial charge in [-0.2, -0.15) is 0 Å². The number of carbonyl (C=O) groups is 2. The number of carboxylic acid groups (broad SMARTS) is 1. The number of hydrogen-bond acceptors (Lipinski definition) is 4. The minimum absolute atomic E-state index is 0.0494. The lowest BCUT2D eigenvalue weighted by Gasteiger charge is -2.25. The van der Waals surface area contributed by atoms with E-state index in [2.05, 4.69) is 5.32 Å². The fourth-order valence-corrected chi connectivity index (χ4v) is 3.53. The van der Waals surface area contributed by atoms with E-state index in [4.69, 9.17) is 5.11 Å². The SMILES string of the molecule is CC(C)(CC(=O)NC1CCCS(=O)(=O)C1)C(=O)O. The van der Waals surface area contributed by atoms with Crippen molar-refractivity contribution in [2.45, 2.75) is 39.2 Å². The van der Waals surface area contributed by atoms with Gasteiger partial charge < -0.3 is 10.4 Å². The van der Waals surface area contributed by atoms with Crippen LogP contribution < -0.4 is 5.32 Å². The van der Waals surface area contributed by atoms with Gasteiger partial charge in [-0.3, -0.25) is 9.59 Å². The molecule has 1 aliphatic rings. The smallest absolute Gasteiger partial charge is 0.309 e. The maximum Gasteiger partial charge on any atom is 0.309 e. The van der Waals surface area contributed by atoms with Crippen molar-refractivity contribution >= 4 is 21.7 Å². The van der Waals surface area contributed by atoms with Crippen LogP contribution in [0.25, 0.3) is 0 Å². The van der Waals surface area contributed by atoms with Gasteiger partial charge in [0.2, 0.25) is 5.91 Å². The Hall–Kier alpha value is -1.11. The molecule has 0 aromatic carbocycles. The Kier molecular flexibility index (Phi) is 4.37. The van der Waals surface area contributed by atoms with Crippen molar-refractivity contribution < 1.29 is 23.1 Å². The highest BCUT2D eigenvalue weighted by molar-refractivity contribution is 7.91.